The highest BCUT2D eigenvalue weighted by Crippen LogP contribution is 2.18. The van der Waals surface area contributed by atoms with Crippen molar-refractivity contribution in [1.82, 2.24) is 15.2 Å². The van der Waals surface area contributed by atoms with E-state index in [1.54, 1.807) is 12.4 Å². The Kier molecular flexibility index (Phi) is 1.59. The third-order valence-electron chi connectivity index (χ3n) is 1.63. The molecule has 2 aromatic heterocycles. The van der Waals surface area contributed by atoms with Crippen LogP contribution in [0, 0.1) is 6.92 Å². The smallest absolute Gasteiger partial charge is 0.249 e. The van der Waals surface area contributed by atoms with Gasteiger partial charge < -0.3 is 4.42 Å². The van der Waals surface area contributed by atoms with E-state index in [1.165, 1.54) is 6.39 Å². The first-order chi connectivity index (χ1) is 5.88. The second-order valence-electron chi connectivity index (χ2n) is 2.43. The Morgan fingerprint density at radius 2 is 2.33 bits per heavy atom. The standard InChI is InChI=1S/C8H7N3O/c1-6-2-3-9-4-7(6)8-11-10-5-12-8/h2-5H,1H3. The van der Waals surface area contributed by atoms with Gasteiger partial charge in [0.1, 0.15) is 0 Å². The molecule has 0 radical (unpaired) electrons. The molecular weight excluding hydrogens is 154 g/mol. The summed E-state index contributed by atoms with van der Waals surface area (Å²) < 4.78 is 5.04. The summed E-state index contributed by atoms with van der Waals surface area (Å²) in [5.41, 5.74) is 1.96. The van der Waals surface area contributed by atoms with Gasteiger partial charge in [-0.25, -0.2) is 0 Å². The van der Waals surface area contributed by atoms with Crippen LogP contribution in [0.2, 0.25) is 0 Å². The Balaban J connectivity index is 2.55. The lowest BCUT2D eigenvalue weighted by Gasteiger charge is -1.96. The molecule has 0 bridgehead atoms. The van der Waals surface area contributed by atoms with Gasteiger partial charge in [-0.05, 0) is 18.6 Å². The zero-order chi connectivity index (χ0) is 8.39. The Bertz CT molecular complexity index is 370. The summed E-state index contributed by atoms with van der Waals surface area (Å²) in [6, 6.07) is 1.90. The summed E-state index contributed by atoms with van der Waals surface area (Å²) >= 11 is 0. The molecule has 0 aliphatic rings. The van der Waals surface area contributed by atoms with E-state index in [0.29, 0.717) is 5.89 Å². The zero-order valence-electron chi connectivity index (χ0n) is 6.56. The fourth-order valence-electron chi connectivity index (χ4n) is 0.978. The maximum atomic E-state index is 5.04. The minimum Gasteiger partial charge on any atom is -0.423 e. The number of hydrogen-bond acceptors (Lipinski definition) is 4. The first-order valence-corrected chi connectivity index (χ1v) is 3.55. The SMILES string of the molecule is Cc1ccncc1-c1nnco1. The molecule has 2 rings (SSSR count). The van der Waals surface area contributed by atoms with E-state index in [9.17, 15) is 0 Å². The van der Waals surface area contributed by atoms with E-state index in [2.05, 4.69) is 15.2 Å². The first kappa shape index (κ1) is 6.97. The molecule has 0 amide bonds. The lowest BCUT2D eigenvalue weighted by Crippen LogP contribution is -1.84. The predicted molar refractivity (Wildman–Crippen MR) is 42.3 cm³/mol. The fraction of sp³-hybridized carbons (Fsp3) is 0.125. The topological polar surface area (TPSA) is 51.8 Å². The average Bonchev–Trinajstić information content (AvgIpc) is 2.57. The second-order valence-corrected chi connectivity index (χ2v) is 2.43. The van der Waals surface area contributed by atoms with Gasteiger partial charge in [0.25, 0.3) is 0 Å². The lowest BCUT2D eigenvalue weighted by molar-refractivity contribution is 0.568. The monoisotopic (exact) mass is 161 g/mol. The molecule has 0 spiro atoms. The summed E-state index contributed by atoms with van der Waals surface area (Å²) in [4.78, 5) is 3.97. The predicted octanol–water partition coefficient (Wildman–Crippen LogP) is 1.44. The molecule has 60 valence electrons. The minimum absolute atomic E-state index is 0.514. The molecule has 0 atom stereocenters. The van der Waals surface area contributed by atoms with Crippen molar-refractivity contribution in [3.8, 4) is 11.5 Å². The van der Waals surface area contributed by atoms with Crippen molar-refractivity contribution in [1.29, 1.82) is 0 Å². The number of nitrogens with zero attached hydrogens (tertiary/aromatic N) is 3. The molecule has 4 nitrogen and oxygen atoms in total. The summed E-state index contributed by atoms with van der Waals surface area (Å²) in [5.74, 6) is 0.514. The normalized spacial score (nSPS) is 10.1. The maximum absolute atomic E-state index is 5.04. The highest BCUT2D eigenvalue weighted by Gasteiger charge is 2.05. The van der Waals surface area contributed by atoms with Crippen molar-refractivity contribution in [2.75, 3.05) is 0 Å². The van der Waals surface area contributed by atoms with Crippen LogP contribution in [0.1, 0.15) is 5.56 Å². The van der Waals surface area contributed by atoms with Gasteiger partial charge in [-0.3, -0.25) is 4.98 Å². The van der Waals surface area contributed by atoms with E-state index in [1.807, 2.05) is 13.0 Å². The van der Waals surface area contributed by atoms with Gasteiger partial charge in [0.05, 0.1) is 5.56 Å². The molecule has 0 unspecified atom stereocenters. The quantitative estimate of drug-likeness (QED) is 0.635. The van der Waals surface area contributed by atoms with Crippen molar-refractivity contribution in [2.45, 2.75) is 6.92 Å². The molecule has 12 heavy (non-hydrogen) atoms. The summed E-state index contributed by atoms with van der Waals surface area (Å²) in [5, 5.41) is 7.39. The number of aryl methyl sites for hydroxylation is 1. The number of hydrogen-bond donors (Lipinski definition) is 0. The van der Waals surface area contributed by atoms with Gasteiger partial charge in [-0.1, -0.05) is 0 Å². The van der Waals surface area contributed by atoms with Crippen LogP contribution in [-0.4, -0.2) is 15.2 Å². The Morgan fingerprint density at radius 1 is 1.42 bits per heavy atom. The van der Waals surface area contributed by atoms with Crippen LogP contribution in [0.25, 0.3) is 11.5 Å². The van der Waals surface area contributed by atoms with Gasteiger partial charge in [0, 0.05) is 12.4 Å². The number of pyridine rings is 1. The molecule has 0 aliphatic heterocycles. The zero-order valence-corrected chi connectivity index (χ0v) is 6.56. The van der Waals surface area contributed by atoms with Crippen molar-refractivity contribution in [3.05, 3.63) is 30.4 Å². The van der Waals surface area contributed by atoms with Crippen LogP contribution in [0.3, 0.4) is 0 Å². The van der Waals surface area contributed by atoms with Gasteiger partial charge in [-0.2, -0.15) is 0 Å². The van der Waals surface area contributed by atoms with Crippen molar-refractivity contribution >= 4 is 0 Å². The molecule has 0 fully saturated rings. The highest BCUT2D eigenvalue weighted by atomic mass is 16.4. The highest BCUT2D eigenvalue weighted by molar-refractivity contribution is 5.55. The van der Waals surface area contributed by atoms with E-state index in [4.69, 9.17) is 4.42 Å². The number of rotatable bonds is 1. The van der Waals surface area contributed by atoms with Crippen LogP contribution in [0.5, 0.6) is 0 Å². The van der Waals surface area contributed by atoms with Crippen LogP contribution in [0.4, 0.5) is 0 Å². The Hall–Kier alpha value is -1.71. The van der Waals surface area contributed by atoms with Gasteiger partial charge in [0.15, 0.2) is 0 Å². The lowest BCUT2D eigenvalue weighted by atomic mass is 10.2. The van der Waals surface area contributed by atoms with Crippen molar-refractivity contribution < 1.29 is 4.42 Å². The second kappa shape index (κ2) is 2.73. The Morgan fingerprint density at radius 3 is 3.00 bits per heavy atom. The summed E-state index contributed by atoms with van der Waals surface area (Å²) in [6.07, 6.45) is 4.75. The van der Waals surface area contributed by atoms with Crippen LogP contribution < -0.4 is 0 Å². The Labute approximate surface area is 69.3 Å². The molecule has 2 aromatic rings. The molecule has 0 aromatic carbocycles. The molecule has 0 saturated heterocycles. The van der Waals surface area contributed by atoms with E-state index in [0.717, 1.165) is 11.1 Å². The van der Waals surface area contributed by atoms with Crippen LogP contribution in [-0.2, 0) is 0 Å². The third-order valence-corrected chi connectivity index (χ3v) is 1.63. The first-order valence-electron chi connectivity index (χ1n) is 3.55. The van der Waals surface area contributed by atoms with Gasteiger partial charge in [-0.15, -0.1) is 10.2 Å². The molecule has 4 heteroatoms. The molecule has 0 aliphatic carbocycles. The van der Waals surface area contributed by atoms with Crippen LogP contribution in [0.15, 0.2) is 29.3 Å². The van der Waals surface area contributed by atoms with E-state index < -0.39 is 0 Å². The third kappa shape index (κ3) is 1.07. The van der Waals surface area contributed by atoms with Crippen molar-refractivity contribution in [2.24, 2.45) is 0 Å². The summed E-state index contributed by atoms with van der Waals surface area (Å²) in [7, 11) is 0. The largest absolute Gasteiger partial charge is 0.423 e. The van der Waals surface area contributed by atoms with Gasteiger partial charge >= 0.3 is 0 Å². The van der Waals surface area contributed by atoms with E-state index >= 15 is 0 Å². The molecule has 0 saturated carbocycles. The maximum Gasteiger partial charge on any atom is 0.249 e. The summed E-state index contributed by atoms with van der Waals surface area (Å²) in [6.45, 7) is 1.97. The molecule has 0 N–H and O–H groups in total. The van der Waals surface area contributed by atoms with Crippen molar-refractivity contribution in [3.63, 3.8) is 0 Å². The van der Waals surface area contributed by atoms with Crippen LogP contribution >= 0.6 is 0 Å². The molecular formula is C8H7N3O. The number of aromatic nitrogens is 3. The van der Waals surface area contributed by atoms with E-state index in [-0.39, 0.29) is 0 Å². The minimum atomic E-state index is 0.514. The fourth-order valence-corrected chi connectivity index (χ4v) is 0.978. The molecule has 2 heterocycles. The van der Waals surface area contributed by atoms with Gasteiger partial charge in [0.2, 0.25) is 12.3 Å². The average molecular weight is 161 g/mol.